The summed E-state index contributed by atoms with van der Waals surface area (Å²) >= 11 is 0. The van der Waals surface area contributed by atoms with Gasteiger partial charge in [0.25, 0.3) is 0 Å². The van der Waals surface area contributed by atoms with Crippen LogP contribution in [0.4, 0.5) is 0 Å². The van der Waals surface area contributed by atoms with Gasteiger partial charge in [0.15, 0.2) is 0 Å². The number of nitrogens with zero attached hydrogens (tertiary/aromatic N) is 1. The van der Waals surface area contributed by atoms with Crippen LogP contribution < -0.4 is 5.32 Å². The lowest BCUT2D eigenvalue weighted by molar-refractivity contribution is -0.109. The SMILES string of the molecule is O=C1C=CCC2NC=C3C=CC=CC3N=C12. The molecule has 80 valence electrons. The Labute approximate surface area is 93.9 Å². The van der Waals surface area contributed by atoms with Crippen molar-refractivity contribution in [2.45, 2.75) is 18.5 Å². The van der Waals surface area contributed by atoms with E-state index in [1.807, 2.05) is 36.6 Å². The largest absolute Gasteiger partial charge is 0.382 e. The maximum absolute atomic E-state index is 11.7. The molecule has 3 nitrogen and oxygen atoms in total. The van der Waals surface area contributed by atoms with Crippen molar-refractivity contribution >= 4 is 11.5 Å². The zero-order valence-electron chi connectivity index (χ0n) is 8.76. The Morgan fingerprint density at radius 3 is 3.19 bits per heavy atom. The van der Waals surface area contributed by atoms with Crippen LogP contribution >= 0.6 is 0 Å². The topological polar surface area (TPSA) is 41.5 Å². The van der Waals surface area contributed by atoms with Crippen LogP contribution in [0.15, 0.2) is 53.2 Å². The molecule has 0 spiro atoms. The van der Waals surface area contributed by atoms with Gasteiger partial charge in [-0.2, -0.15) is 0 Å². The zero-order chi connectivity index (χ0) is 11.0. The normalized spacial score (nSPS) is 30.9. The van der Waals surface area contributed by atoms with Crippen molar-refractivity contribution in [3.8, 4) is 0 Å². The molecular weight excluding hydrogens is 200 g/mol. The Balaban J connectivity index is 2.03. The van der Waals surface area contributed by atoms with Crippen LogP contribution in [0.25, 0.3) is 0 Å². The Hall–Kier alpha value is -1.90. The molecule has 0 saturated carbocycles. The molecule has 0 amide bonds. The van der Waals surface area contributed by atoms with Gasteiger partial charge >= 0.3 is 0 Å². The predicted octanol–water partition coefficient (Wildman–Crippen LogP) is 1.31. The second-order valence-electron chi connectivity index (χ2n) is 4.07. The van der Waals surface area contributed by atoms with Crippen LogP contribution in [0.1, 0.15) is 6.42 Å². The smallest absolute Gasteiger partial charge is 0.201 e. The van der Waals surface area contributed by atoms with Gasteiger partial charge in [-0.05, 0) is 18.1 Å². The summed E-state index contributed by atoms with van der Waals surface area (Å²) in [5, 5.41) is 3.26. The third-order valence-corrected chi connectivity index (χ3v) is 2.99. The average molecular weight is 212 g/mol. The molecule has 0 bridgehead atoms. The van der Waals surface area contributed by atoms with E-state index >= 15 is 0 Å². The molecule has 0 saturated heterocycles. The Morgan fingerprint density at radius 1 is 1.31 bits per heavy atom. The summed E-state index contributed by atoms with van der Waals surface area (Å²) in [4.78, 5) is 16.3. The Bertz CT molecular complexity index is 480. The number of rotatable bonds is 0. The third-order valence-electron chi connectivity index (χ3n) is 2.99. The van der Waals surface area contributed by atoms with Gasteiger partial charge in [-0.3, -0.25) is 9.79 Å². The highest BCUT2D eigenvalue weighted by Crippen LogP contribution is 2.20. The van der Waals surface area contributed by atoms with Crippen molar-refractivity contribution in [3.63, 3.8) is 0 Å². The van der Waals surface area contributed by atoms with Gasteiger partial charge in [-0.15, -0.1) is 0 Å². The fraction of sp³-hybridized carbons (Fsp3) is 0.231. The van der Waals surface area contributed by atoms with E-state index in [9.17, 15) is 4.79 Å². The summed E-state index contributed by atoms with van der Waals surface area (Å²) in [6.45, 7) is 0. The molecule has 3 aliphatic rings. The molecule has 2 unspecified atom stereocenters. The van der Waals surface area contributed by atoms with Gasteiger partial charge in [0.2, 0.25) is 5.78 Å². The van der Waals surface area contributed by atoms with Gasteiger partial charge in [0.05, 0.1) is 12.1 Å². The standard InChI is InChI=1S/C13H12N2O/c16-12-7-3-6-11-13(12)15-10-5-2-1-4-9(10)8-14-11/h1-5,7-8,10-11,14H,6H2. The fourth-order valence-electron chi connectivity index (χ4n) is 2.12. The lowest BCUT2D eigenvalue weighted by atomic mass is 9.98. The van der Waals surface area contributed by atoms with Crippen LogP contribution in [0.5, 0.6) is 0 Å². The molecule has 0 radical (unpaired) electrons. The van der Waals surface area contributed by atoms with Gasteiger partial charge in [0.1, 0.15) is 5.71 Å². The monoisotopic (exact) mass is 212 g/mol. The summed E-state index contributed by atoms with van der Waals surface area (Å²) in [5.41, 5.74) is 1.76. The van der Waals surface area contributed by atoms with E-state index in [-0.39, 0.29) is 17.9 Å². The summed E-state index contributed by atoms with van der Waals surface area (Å²) in [7, 11) is 0. The quantitative estimate of drug-likeness (QED) is 0.657. The summed E-state index contributed by atoms with van der Waals surface area (Å²) in [6.07, 6.45) is 14.3. The fourth-order valence-corrected chi connectivity index (χ4v) is 2.12. The minimum absolute atomic E-state index is 0.00653. The van der Waals surface area contributed by atoms with E-state index in [0.29, 0.717) is 5.71 Å². The minimum atomic E-state index is -0.00653. The van der Waals surface area contributed by atoms with Gasteiger partial charge in [-0.25, -0.2) is 0 Å². The first-order chi connectivity index (χ1) is 7.84. The van der Waals surface area contributed by atoms with Crippen molar-refractivity contribution < 1.29 is 4.79 Å². The molecule has 1 aliphatic heterocycles. The highest BCUT2D eigenvalue weighted by atomic mass is 16.1. The predicted molar refractivity (Wildman–Crippen MR) is 63.3 cm³/mol. The van der Waals surface area contributed by atoms with Gasteiger partial charge in [-0.1, -0.05) is 30.4 Å². The lowest BCUT2D eigenvalue weighted by Gasteiger charge is -2.18. The zero-order valence-corrected chi connectivity index (χ0v) is 8.76. The highest BCUT2D eigenvalue weighted by Gasteiger charge is 2.27. The lowest BCUT2D eigenvalue weighted by Crippen LogP contribution is -2.39. The van der Waals surface area contributed by atoms with Crippen molar-refractivity contribution in [2.24, 2.45) is 4.99 Å². The molecule has 2 atom stereocenters. The molecule has 0 aromatic carbocycles. The number of fused-ring (bicyclic) bond motifs is 2. The number of allylic oxidation sites excluding steroid dienone is 3. The maximum atomic E-state index is 11.7. The Morgan fingerprint density at radius 2 is 2.25 bits per heavy atom. The number of ketones is 1. The first kappa shape index (κ1) is 9.33. The van der Waals surface area contributed by atoms with Gasteiger partial charge in [0, 0.05) is 6.20 Å². The van der Waals surface area contributed by atoms with E-state index < -0.39 is 0 Å². The van der Waals surface area contributed by atoms with Crippen LogP contribution in [-0.4, -0.2) is 23.6 Å². The van der Waals surface area contributed by atoms with Crippen molar-refractivity contribution in [1.82, 2.24) is 5.32 Å². The highest BCUT2D eigenvalue weighted by molar-refractivity contribution is 6.46. The molecule has 0 fully saturated rings. The number of aliphatic imine (C=N–C) groups is 1. The van der Waals surface area contributed by atoms with E-state index in [2.05, 4.69) is 10.3 Å². The Kier molecular flexibility index (Phi) is 2.10. The minimum Gasteiger partial charge on any atom is -0.382 e. The number of hydrogen-bond acceptors (Lipinski definition) is 3. The van der Waals surface area contributed by atoms with Crippen molar-refractivity contribution in [1.29, 1.82) is 0 Å². The molecule has 0 aromatic rings. The number of nitrogens with one attached hydrogen (secondary N) is 1. The van der Waals surface area contributed by atoms with E-state index in [0.717, 1.165) is 12.0 Å². The molecule has 3 heteroatoms. The second kappa shape index (κ2) is 3.59. The van der Waals surface area contributed by atoms with Gasteiger partial charge < -0.3 is 5.32 Å². The van der Waals surface area contributed by atoms with E-state index in [1.165, 1.54) is 0 Å². The van der Waals surface area contributed by atoms with Crippen LogP contribution in [0.3, 0.4) is 0 Å². The average Bonchev–Trinajstić information content (AvgIpc) is 2.50. The summed E-state index contributed by atoms with van der Waals surface area (Å²) in [5.74, 6) is 0.0290. The summed E-state index contributed by atoms with van der Waals surface area (Å²) in [6, 6.07) is 0.0327. The molecular formula is C13H12N2O. The van der Waals surface area contributed by atoms with Crippen molar-refractivity contribution in [3.05, 3.63) is 48.2 Å². The molecule has 2 aliphatic carbocycles. The van der Waals surface area contributed by atoms with E-state index in [1.54, 1.807) is 6.08 Å². The number of carbonyl (C=O) groups excluding carboxylic acids is 1. The van der Waals surface area contributed by atoms with E-state index in [4.69, 9.17) is 0 Å². The second-order valence-corrected chi connectivity index (χ2v) is 4.07. The first-order valence-corrected chi connectivity index (χ1v) is 5.44. The van der Waals surface area contributed by atoms with Crippen molar-refractivity contribution in [2.75, 3.05) is 0 Å². The molecule has 0 aromatic heterocycles. The molecule has 3 rings (SSSR count). The first-order valence-electron chi connectivity index (χ1n) is 5.44. The number of carbonyl (C=O) groups is 1. The van der Waals surface area contributed by atoms with Crippen LogP contribution in [0, 0.1) is 0 Å². The molecule has 1 N–H and O–H groups in total. The third kappa shape index (κ3) is 1.45. The number of hydrogen-bond donors (Lipinski definition) is 1. The van der Waals surface area contributed by atoms with Crippen LogP contribution in [-0.2, 0) is 4.79 Å². The molecule has 16 heavy (non-hydrogen) atoms. The molecule has 1 heterocycles. The van der Waals surface area contributed by atoms with Crippen LogP contribution in [0.2, 0.25) is 0 Å². The summed E-state index contributed by atoms with van der Waals surface area (Å²) < 4.78 is 0. The maximum Gasteiger partial charge on any atom is 0.201 e.